The number of likely N-dealkylation sites (tertiary alicyclic amines) is 1. The first-order valence-corrected chi connectivity index (χ1v) is 7.83. The molecule has 1 aromatic heterocycles. The number of rotatable bonds is 5. The number of hydrogen-bond acceptors (Lipinski definition) is 4. The summed E-state index contributed by atoms with van der Waals surface area (Å²) in [6.45, 7) is 1.38. The van der Waals surface area contributed by atoms with Crippen molar-refractivity contribution >= 4 is 5.97 Å². The van der Waals surface area contributed by atoms with Gasteiger partial charge in [-0.05, 0) is 49.2 Å². The molecule has 0 aliphatic carbocycles. The molecule has 5 nitrogen and oxygen atoms in total. The smallest absolute Gasteiger partial charge is 0.307 e. The van der Waals surface area contributed by atoms with E-state index in [1.165, 1.54) is 0 Å². The summed E-state index contributed by atoms with van der Waals surface area (Å²) in [5.41, 5.74) is 1.05. The number of benzene rings is 1. The molecule has 0 saturated carbocycles. The van der Waals surface area contributed by atoms with Crippen LogP contribution in [0, 0.1) is 5.92 Å². The summed E-state index contributed by atoms with van der Waals surface area (Å²) in [7, 11) is 1.64. The summed E-state index contributed by atoms with van der Waals surface area (Å²) >= 11 is 0. The lowest BCUT2D eigenvalue weighted by molar-refractivity contribution is -0.143. The number of carboxylic acids is 1. The monoisotopic (exact) mass is 315 g/mol. The van der Waals surface area contributed by atoms with Gasteiger partial charge in [-0.15, -0.1) is 0 Å². The van der Waals surface area contributed by atoms with Crippen molar-refractivity contribution in [1.82, 2.24) is 4.90 Å². The van der Waals surface area contributed by atoms with Gasteiger partial charge in [0.15, 0.2) is 0 Å². The molecule has 0 bridgehead atoms. The van der Waals surface area contributed by atoms with E-state index in [2.05, 4.69) is 4.90 Å². The Morgan fingerprint density at radius 1 is 1.39 bits per heavy atom. The zero-order chi connectivity index (χ0) is 16.2. The zero-order valence-electron chi connectivity index (χ0n) is 13.1. The third-order valence-electron chi connectivity index (χ3n) is 4.39. The van der Waals surface area contributed by atoms with Gasteiger partial charge in [0.1, 0.15) is 11.5 Å². The van der Waals surface area contributed by atoms with E-state index < -0.39 is 5.97 Å². The molecule has 1 fully saturated rings. The number of piperidine rings is 1. The molecule has 2 unspecified atom stereocenters. The predicted molar refractivity (Wildman–Crippen MR) is 85.5 cm³/mol. The van der Waals surface area contributed by atoms with Gasteiger partial charge in [0.2, 0.25) is 0 Å². The summed E-state index contributed by atoms with van der Waals surface area (Å²) in [4.78, 5) is 13.6. The number of carboxylic acid groups (broad SMARTS) is 1. The maximum atomic E-state index is 11.4. The molecular formula is C18H21NO4. The van der Waals surface area contributed by atoms with Gasteiger partial charge >= 0.3 is 5.97 Å². The van der Waals surface area contributed by atoms with Crippen LogP contribution >= 0.6 is 0 Å². The fraction of sp³-hybridized carbons (Fsp3) is 0.389. The third-order valence-corrected chi connectivity index (χ3v) is 4.39. The Kier molecular flexibility index (Phi) is 4.67. The number of nitrogens with zero attached hydrogens (tertiary/aromatic N) is 1. The van der Waals surface area contributed by atoms with Gasteiger partial charge < -0.3 is 14.3 Å². The first-order valence-electron chi connectivity index (χ1n) is 7.83. The molecule has 1 aromatic carbocycles. The van der Waals surface area contributed by atoms with Crippen molar-refractivity contribution in [1.29, 1.82) is 0 Å². The van der Waals surface area contributed by atoms with E-state index in [9.17, 15) is 9.90 Å². The summed E-state index contributed by atoms with van der Waals surface area (Å²) in [5.74, 6) is 0.556. The highest BCUT2D eigenvalue weighted by molar-refractivity contribution is 5.70. The van der Waals surface area contributed by atoms with Crippen LogP contribution in [0.15, 0.2) is 47.1 Å². The second-order valence-corrected chi connectivity index (χ2v) is 5.87. The van der Waals surface area contributed by atoms with E-state index in [1.807, 2.05) is 36.4 Å². The van der Waals surface area contributed by atoms with E-state index >= 15 is 0 Å². The number of methoxy groups -OCH3 is 1. The number of ether oxygens (including phenoxy) is 1. The van der Waals surface area contributed by atoms with Crippen molar-refractivity contribution in [3.05, 3.63) is 54.0 Å². The van der Waals surface area contributed by atoms with Crippen molar-refractivity contribution in [2.24, 2.45) is 5.92 Å². The van der Waals surface area contributed by atoms with E-state index in [4.69, 9.17) is 9.15 Å². The van der Waals surface area contributed by atoms with Crippen molar-refractivity contribution in [2.75, 3.05) is 20.2 Å². The van der Waals surface area contributed by atoms with E-state index in [1.54, 1.807) is 13.4 Å². The third kappa shape index (κ3) is 3.40. The van der Waals surface area contributed by atoms with Gasteiger partial charge in [-0.1, -0.05) is 12.1 Å². The van der Waals surface area contributed by atoms with Crippen LogP contribution < -0.4 is 4.74 Å². The van der Waals surface area contributed by atoms with Crippen molar-refractivity contribution in [3.63, 3.8) is 0 Å². The molecular weight excluding hydrogens is 294 g/mol. The van der Waals surface area contributed by atoms with Gasteiger partial charge in [-0.25, -0.2) is 0 Å². The van der Waals surface area contributed by atoms with Gasteiger partial charge in [-0.3, -0.25) is 9.69 Å². The molecule has 1 saturated heterocycles. The van der Waals surface area contributed by atoms with Crippen LogP contribution in [0.25, 0.3) is 0 Å². The summed E-state index contributed by atoms with van der Waals surface area (Å²) < 4.78 is 11.0. The number of furan rings is 1. The van der Waals surface area contributed by atoms with Gasteiger partial charge in [0, 0.05) is 6.54 Å². The average Bonchev–Trinajstić information content (AvgIpc) is 3.09. The average molecular weight is 315 g/mol. The molecule has 0 spiro atoms. The highest BCUT2D eigenvalue weighted by atomic mass is 16.5. The van der Waals surface area contributed by atoms with Crippen LogP contribution in [0.4, 0.5) is 0 Å². The molecule has 2 aromatic rings. The fourth-order valence-corrected chi connectivity index (χ4v) is 3.26. The molecule has 2 atom stereocenters. The van der Waals surface area contributed by atoms with E-state index in [-0.39, 0.29) is 12.0 Å². The molecule has 5 heteroatoms. The van der Waals surface area contributed by atoms with Crippen LogP contribution in [-0.4, -0.2) is 36.2 Å². The molecule has 2 heterocycles. The summed E-state index contributed by atoms with van der Waals surface area (Å²) in [6.07, 6.45) is 3.26. The molecule has 1 aliphatic rings. The van der Waals surface area contributed by atoms with Crippen LogP contribution in [0.2, 0.25) is 0 Å². The number of hydrogen-bond donors (Lipinski definition) is 1. The zero-order valence-corrected chi connectivity index (χ0v) is 13.1. The lowest BCUT2D eigenvalue weighted by atomic mass is 9.94. The standard InChI is InChI=1S/C18H21NO4/c1-22-15-7-2-5-13(11-15)17(16-8-4-10-23-16)19-9-3-6-14(12-19)18(20)21/h2,4-5,7-8,10-11,14,17H,3,6,9,12H2,1H3,(H,20,21). The van der Waals surface area contributed by atoms with Crippen LogP contribution in [0.1, 0.15) is 30.2 Å². The summed E-state index contributed by atoms with van der Waals surface area (Å²) in [5, 5.41) is 9.35. The molecule has 3 rings (SSSR count). The van der Waals surface area contributed by atoms with Crippen LogP contribution in [0.3, 0.4) is 0 Å². The number of aliphatic carboxylic acids is 1. The molecule has 0 amide bonds. The Balaban J connectivity index is 1.94. The first-order chi connectivity index (χ1) is 11.2. The molecule has 1 aliphatic heterocycles. The normalized spacial score (nSPS) is 20.1. The Bertz CT molecular complexity index is 653. The minimum atomic E-state index is -0.724. The van der Waals surface area contributed by atoms with Crippen molar-refractivity contribution in [2.45, 2.75) is 18.9 Å². The molecule has 1 N–H and O–H groups in total. The minimum Gasteiger partial charge on any atom is -0.497 e. The number of carbonyl (C=O) groups is 1. The van der Waals surface area contributed by atoms with Gasteiger partial charge in [0.25, 0.3) is 0 Å². The van der Waals surface area contributed by atoms with E-state index in [0.717, 1.165) is 36.5 Å². The predicted octanol–water partition coefficient (Wildman–Crippen LogP) is 3.17. The van der Waals surface area contributed by atoms with Gasteiger partial charge in [0.05, 0.1) is 25.3 Å². The Morgan fingerprint density at radius 2 is 2.26 bits per heavy atom. The molecule has 0 radical (unpaired) electrons. The molecule has 122 valence electrons. The lowest BCUT2D eigenvalue weighted by Crippen LogP contribution is -2.41. The largest absolute Gasteiger partial charge is 0.497 e. The summed E-state index contributed by atoms with van der Waals surface area (Å²) in [6, 6.07) is 11.6. The highest BCUT2D eigenvalue weighted by Crippen LogP contribution is 2.34. The van der Waals surface area contributed by atoms with Crippen molar-refractivity contribution < 1.29 is 19.1 Å². The maximum Gasteiger partial charge on any atom is 0.307 e. The SMILES string of the molecule is COc1cccc(C(c2ccco2)N2CCCC(C(=O)O)C2)c1. The second-order valence-electron chi connectivity index (χ2n) is 5.87. The molecule has 23 heavy (non-hydrogen) atoms. The van der Waals surface area contributed by atoms with Crippen LogP contribution in [0.5, 0.6) is 5.75 Å². The Hall–Kier alpha value is -2.27. The Labute approximate surface area is 135 Å². The van der Waals surface area contributed by atoms with Crippen molar-refractivity contribution in [3.8, 4) is 5.75 Å². The maximum absolute atomic E-state index is 11.4. The second kappa shape index (κ2) is 6.87. The quantitative estimate of drug-likeness (QED) is 0.918. The topological polar surface area (TPSA) is 62.9 Å². The first kappa shape index (κ1) is 15.6. The van der Waals surface area contributed by atoms with Gasteiger partial charge in [-0.2, -0.15) is 0 Å². The lowest BCUT2D eigenvalue weighted by Gasteiger charge is -2.36. The van der Waals surface area contributed by atoms with Crippen LogP contribution in [-0.2, 0) is 4.79 Å². The minimum absolute atomic E-state index is 0.0951. The fourth-order valence-electron chi connectivity index (χ4n) is 3.26. The van der Waals surface area contributed by atoms with E-state index in [0.29, 0.717) is 6.54 Å². The highest BCUT2D eigenvalue weighted by Gasteiger charge is 2.32. The Morgan fingerprint density at radius 3 is 2.96 bits per heavy atom.